The highest BCUT2D eigenvalue weighted by molar-refractivity contribution is 5.93. The van der Waals surface area contributed by atoms with E-state index in [0.717, 1.165) is 19.4 Å². The number of rotatable bonds is 12. The third kappa shape index (κ3) is 7.27. The molecule has 1 amide bonds. The van der Waals surface area contributed by atoms with Crippen LogP contribution in [-0.2, 0) is 16.1 Å². The maximum Gasteiger partial charge on any atom is 0.337 e. The normalized spacial score (nSPS) is 16.3. The summed E-state index contributed by atoms with van der Waals surface area (Å²) in [6, 6.07) is 5.17. The van der Waals surface area contributed by atoms with Crippen LogP contribution in [0.2, 0.25) is 0 Å². The van der Waals surface area contributed by atoms with Crippen LogP contribution in [0.1, 0.15) is 75.1 Å². The van der Waals surface area contributed by atoms with E-state index in [1.54, 1.807) is 0 Å². The Labute approximate surface area is 205 Å². The van der Waals surface area contributed by atoms with Gasteiger partial charge >= 0.3 is 11.7 Å². The molecule has 1 fully saturated rings. The molecule has 1 atom stereocenters. The van der Waals surface area contributed by atoms with Crippen molar-refractivity contribution in [1.82, 2.24) is 19.8 Å². The second-order valence-corrected chi connectivity index (χ2v) is 9.25. The number of piperidine rings is 1. The number of carbonyl (C=O) groups excluding carboxylic acids is 2. The van der Waals surface area contributed by atoms with Gasteiger partial charge in [0.1, 0.15) is 0 Å². The minimum Gasteiger partial charge on any atom is -0.465 e. The fourth-order valence-electron chi connectivity index (χ4n) is 4.85. The Bertz CT molecular complexity index is 1120. The Kier molecular flexibility index (Phi) is 10.1. The molecule has 35 heavy (non-hydrogen) atoms. The molecular formula is C26H38N4O5. The van der Waals surface area contributed by atoms with E-state index < -0.39 is 17.2 Å². The van der Waals surface area contributed by atoms with Crippen LogP contribution in [0.25, 0.3) is 10.9 Å². The van der Waals surface area contributed by atoms with E-state index >= 15 is 0 Å². The van der Waals surface area contributed by atoms with Gasteiger partial charge in [-0.15, -0.1) is 0 Å². The molecule has 3 rings (SSSR count). The Morgan fingerprint density at radius 1 is 1.11 bits per heavy atom. The largest absolute Gasteiger partial charge is 0.465 e. The Balaban J connectivity index is 1.38. The molecule has 9 heteroatoms. The second-order valence-electron chi connectivity index (χ2n) is 9.25. The highest BCUT2D eigenvalue weighted by Gasteiger charge is 2.19. The molecule has 2 heterocycles. The van der Waals surface area contributed by atoms with E-state index in [0.29, 0.717) is 42.8 Å². The molecule has 192 valence electrons. The molecule has 9 nitrogen and oxygen atoms in total. The van der Waals surface area contributed by atoms with Gasteiger partial charge in [-0.25, -0.2) is 9.59 Å². The number of fused-ring (bicyclic) bond motifs is 1. The monoisotopic (exact) mass is 486 g/mol. The summed E-state index contributed by atoms with van der Waals surface area (Å²) in [4.78, 5) is 54.2. The summed E-state index contributed by atoms with van der Waals surface area (Å²) < 4.78 is 5.85. The first kappa shape index (κ1) is 26.7. The fraction of sp³-hybridized carbons (Fsp3) is 0.615. The first-order chi connectivity index (χ1) is 16.9. The molecule has 0 aliphatic carbocycles. The highest BCUT2D eigenvalue weighted by Crippen LogP contribution is 2.19. The van der Waals surface area contributed by atoms with E-state index in [2.05, 4.69) is 26.9 Å². The van der Waals surface area contributed by atoms with Crippen molar-refractivity contribution in [3.8, 4) is 0 Å². The van der Waals surface area contributed by atoms with Crippen LogP contribution in [0.4, 0.5) is 0 Å². The van der Waals surface area contributed by atoms with Crippen molar-refractivity contribution < 1.29 is 14.3 Å². The predicted octanol–water partition coefficient (Wildman–Crippen LogP) is 2.81. The van der Waals surface area contributed by atoms with Gasteiger partial charge < -0.3 is 19.9 Å². The summed E-state index contributed by atoms with van der Waals surface area (Å²) in [5, 5.41) is 3.35. The number of amides is 1. The number of benzene rings is 1. The number of nitrogens with zero attached hydrogens (tertiary/aromatic N) is 2. The molecular weight excluding hydrogens is 448 g/mol. The van der Waals surface area contributed by atoms with Crippen LogP contribution in [0.3, 0.4) is 0 Å². The summed E-state index contributed by atoms with van der Waals surface area (Å²) in [6.45, 7) is 5.44. The van der Waals surface area contributed by atoms with Crippen molar-refractivity contribution in [2.24, 2.45) is 0 Å². The second kappa shape index (κ2) is 13.2. The molecule has 2 N–H and O–H groups in total. The Hall–Kier alpha value is -2.94. The van der Waals surface area contributed by atoms with Gasteiger partial charge in [0.2, 0.25) is 5.91 Å². The number of H-pyrrole nitrogens is 1. The Morgan fingerprint density at radius 3 is 2.71 bits per heavy atom. The minimum atomic E-state index is -0.534. The average Bonchev–Trinajstić information content (AvgIpc) is 2.87. The number of carbonyl (C=O) groups is 2. The maximum absolute atomic E-state index is 12.7. The number of aromatic nitrogens is 2. The van der Waals surface area contributed by atoms with Gasteiger partial charge in [0.05, 0.1) is 23.6 Å². The minimum absolute atomic E-state index is 0.0535. The number of ether oxygens (including phenoxy) is 1. The SMILES string of the molecule is CCC1CCCCN1CCCNC(=O)CCCCCn1c(=O)[nH]c2cc(C(=O)OC)ccc2c1=O. The number of likely N-dealkylation sites (tertiary alicyclic amines) is 1. The molecule has 0 saturated carbocycles. The van der Waals surface area contributed by atoms with Gasteiger partial charge in [-0.1, -0.05) is 19.8 Å². The number of methoxy groups -OCH3 is 1. The molecule has 1 aliphatic rings. The van der Waals surface area contributed by atoms with Crippen molar-refractivity contribution in [2.45, 2.75) is 77.3 Å². The van der Waals surface area contributed by atoms with E-state index in [1.807, 2.05) is 0 Å². The van der Waals surface area contributed by atoms with Crippen LogP contribution >= 0.6 is 0 Å². The van der Waals surface area contributed by atoms with Crippen molar-refractivity contribution in [3.05, 3.63) is 44.6 Å². The third-order valence-electron chi connectivity index (χ3n) is 6.85. The molecule has 1 saturated heterocycles. The summed E-state index contributed by atoms with van der Waals surface area (Å²) in [7, 11) is 1.27. The molecule has 0 bridgehead atoms. The van der Waals surface area contributed by atoms with E-state index in [9.17, 15) is 19.2 Å². The number of esters is 1. The molecule has 0 radical (unpaired) electrons. The molecule has 1 aromatic heterocycles. The fourth-order valence-corrected chi connectivity index (χ4v) is 4.85. The third-order valence-corrected chi connectivity index (χ3v) is 6.85. The lowest BCUT2D eigenvalue weighted by Gasteiger charge is -2.35. The first-order valence-electron chi connectivity index (χ1n) is 12.8. The van der Waals surface area contributed by atoms with Crippen LogP contribution < -0.4 is 16.6 Å². The lowest BCUT2D eigenvalue weighted by molar-refractivity contribution is -0.121. The lowest BCUT2D eigenvalue weighted by Crippen LogP contribution is -2.40. The van der Waals surface area contributed by atoms with Crippen LogP contribution in [0.15, 0.2) is 27.8 Å². The van der Waals surface area contributed by atoms with Gasteiger partial charge in [-0.05, 0) is 63.3 Å². The smallest absolute Gasteiger partial charge is 0.337 e. The van der Waals surface area contributed by atoms with Gasteiger partial charge in [0.25, 0.3) is 5.56 Å². The van der Waals surface area contributed by atoms with Crippen molar-refractivity contribution in [3.63, 3.8) is 0 Å². The predicted molar refractivity (Wildman–Crippen MR) is 136 cm³/mol. The molecule has 0 spiro atoms. The quantitative estimate of drug-likeness (QED) is 0.352. The number of nitrogens with one attached hydrogen (secondary N) is 2. The zero-order chi connectivity index (χ0) is 25.2. The molecule has 2 aromatic rings. The number of hydrogen-bond acceptors (Lipinski definition) is 6. The van der Waals surface area contributed by atoms with Gasteiger partial charge in [0.15, 0.2) is 0 Å². The summed E-state index contributed by atoms with van der Waals surface area (Å²) in [5.74, 6) is -0.481. The zero-order valence-electron chi connectivity index (χ0n) is 20.9. The van der Waals surface area contributed by atoms with Gasteiger partial charge in [-0.3, -0.25) is 14.2 Å². The molecule has 1 aromatic carbocycles. The summed E-state index contributed by atoms with van der Waals surface area (Å²) in [5.41, 5.74) is -0.331. The van der Waals surface area contributed by atoms with Crippen molar-refractivity contribution in [1.29, 1.82) is 0 Å². The number of unbranched alkanes of at least 4 members (excludes halogenated alkanes) is 2. The van der Waals surface area contributed by atoms with E-state index in [-0.39, 0.29) is 18.0 Å². The molecule has 1 unspecified atom stereocenters. The topological polar surface area (TPSA) is 114 Å². The summed E-state index contributed by atoms with van der Waals surface area (Å²) >= 11 is 0. The van der Waals surface area contributed by atoms with Crippen LogP contribution in [0.5, 0.6) is 0 Å². The first-order valence-corrected chi connectivity index (χ1v) is 12.8. The standard InChI is InChI=1S/C26H38N4O5/c1-3-20-10-6-8-15-29(20)16-9-14-27-23(31)11-5-4-7-17-30-24(32)21-13-12-19(25(33)35-2)18-22(21)28-26(30)34/h12-13,18,20H,3-11,14-17H2,1-2H3,(H,27,31)(H,28,34). The van der Waals surface area contributed by atoms with Crippen LogP contribution in [-0.4, -0.2) is 59.1 Å². The van der Waals surface area contributed by atoms with Gasteiger partial charge in [0, 0.05) is 32.1 Å². The highest BCUT2D eigenvalue weighted by atomic mass is 16.5. The zero-order valence-corrected chi connectivity index (χ0v) is 20.9. The number of hydrogen-bond donors (Lipinski definition) is 2. The van der Waals surface area contributed by atoms with Crippen molar-refractivity contribution in [2.75, 3.05) is 26.7 Å². The lowest BCUT2D eigenvalue weighted by atomic mass is 10.00. The van der Waals surface area contributed by atoms with Gasteiger partial charge in [-0.2, -0.15) is 0 Å². The van der Waals surface area contributed by atoms with Crippen LogP contribution in [0, 0.1) is 0 Å². The maximum atomic E-state index is 12.7. The number of aromatic amines is 1. The van der Waals surface area contributed by atoms with Crippen molar-refractivity contribution >= 4 is 22.8 Å². The Morgan fingerprint density at radius 2 is 1.94 bits per heavy atom. The van der Waals surface area contributed by atoms with E-state index in [4.69, 9.17) is 0 Å². The summed E-state index contributed by atoms with van der Waals surface area (Å²) in [6.07, 6.45) is 8.57. The average molecular weight is 487 g/mol. The van der Waals surface area contributed by atoms with E-state index in [1.165, 1.54) is 62.1 Å². The molecule has 1 aliphatic heterocycles.